The van der Waals surface area contributed by atoms with Crippen molar-refractivity contribution in [2.45, 2.75) is 36.9 Å². The van der Waals surface area contributed by atoms with Crippen LogP contribution in [0.15, 0.2) is 0 Å². The molecule has 0 aliphatic rings. The molecule has 116 valence electrons. The van der Waals surface area contributed by atoms with E-state index in [1.807, 2.05) is 0 Å². The molecule has 1 atom stereocenters. The topological polar surface area (TPSA) is 0 Å². The Balaban J connectivity index is 5.50. The zero-order valence-electron chi connectivity index (χ0n) is 9.02. The first-order valence-electron chi connectivity index (χ1n) is 4.57. The lowest BCUT2D eigenvalue weighted by molar-refractivity contribution is -0.401. The summed E-state index contributed by atoms with van der Waals surface area (Å²) >= 11 is 10.3. The number of rotatable bonds is 5. The van der Waals surface area contributed by atoms with Gasteiger partial charge in [-0.2, -0.15) is 61.7 Å². The van der Waals surface area contributed by atoms with Gasteiger partial charge in [-0.25, -0.2) is 0 Å². The van der Waals surface area contributed by atoms with Crippen LogP contribution in [-0.2, 0) is 0 Å². The molecule has 0 aliphatic heterocycles. The summed E-state index contributed by atoms with van der Waals surface area (Å²) in [4.78, 5) is 0. The summed E-state index contributed by atoms with van der Waals surface area (Å²) in [5, 5.41) is 0. The Labute approximate surface area is 112 Å². The molecule has 0 rings (SSSR count). The van der Waals surface area contributed by atoms with Gasteiger partial charge in [-0.1, -0.05) is 6.92 Å². The van der Waals surface area contributed by atoms with Crippen LogP contribution in [0.4, 0.5) is 39.5 Å². The number of alkyl halides is 9. The summed E-state index contributed by atoms with van der Waals surface area (Å²) in [6, 6.07) is -0.945. The van der Waals surface area contributed by atoms with Crippen molar-refractivity contribution in [3.05, 3.63) is 0 Å². The van der Waals surface area contributed by atoms with E-state index in [0.29, 0.717) is 6.92 Å². The molecule has 0 N–H and O–H groups in total. The van der Waals surface area contributed by atoms with Crippen molar-refractivity contribution in [2.24, 2.45) is 5.92 Å². The highest BCUT2D eigenvalue weighted by molar-refractivity contribution is 7.33. The highest BCUT2D eigenvalue weighted by atomic mass is 35.7. The second-order valence-corrected chi connectivity index (χ2v) is 8.88. The first-order valence-corrected chi connectivity index (χ1v) is 8.88. The van der Waals surface area contributed by atoms with Gasteiger partial charge in [0, 0.05) is 5.92 Å². The van der Waals surface area contributed by atoms with Gasteiger partial charge in [-0.15, -0.1) is 0 Å². The molecule has 0 saturated heterocycles. The molecule has 0 aromatic heterocycles. The number of hydrogen-bond donors (Lipinski definition) is 0. The van der Waals surface area contributed by atoms with Crippen molar-refractivity contribution >= 4 is 29.6 Å². The Morgan fingerprint density at radius 3 is 1.47 bits per heavy atom. The minimum Gasteiger partial charge on any atom is -0.199 e. The van der Waals surface area contributed by atoms with Crippen LogP contribution in [0.5, 0.6) is 0 Å². The second kappa shape index (κ2) is 5.51. The van der Waals surface area contributed by atoms with E-state index in [9.17, 15) is 39.5 Å². The molecule has 0 fully saturated rings. The first kappa shape index (κ1) is 19.2. The molecule has 0 spiro atoms. The predicted molar refractivity (Wildman–Crippen MR) is 53.7 cm³/mol. The molecule has 0 aromatic carbocycles. The summed E-state index contributed by atoms with van der Waals surface area (Å²) in [6.45, 7) is 0.380. The summed E-state index contributed by atoms with van der Waals surface area (Å²) in [5.74, 6) is -21.6. The summed E-state index contributed by atoms with van der Waals surface area (Å²) in [5.41, 5.74) is 0. The fraction of sp³-hybridized carbons (Fsp3) is 1.00. The maximum absolute atomic E-state index is 13.2. The fourth-order valence-electron chi connectivity index (χ4n) is 1.11. The van der Waals surface area contributed by atoms with E-state index < -0.39 is 43.3 Å². The molecular weight excluding hydrogens is 354 g/mol. The maximum Gasteiger partial charge on any atom is 0.460 e. The quantitative estimate of drug-likeness (QED) is 0.375. The molecule has 1 unspecified atom stereocenters. The van der Waals surface area contributed by atoms with Crippen LogP contribution in [0.25, 0.3) is 0 Å². The van der Waals surface area contributed by atoms with Crippen molar-refractivity contribution in [1.82, 2.24) is 0 Å². The van der Waals surface area contributed by atoms with E-state index in [2.05, 4.69) is 0 Å². The molecular formula is C7H7Cl2F9Si. The molecule has 0 amide bonds. The van der Waals surface area contributed by atoms with Crippen LogP contribution in [-0.4, -0.2) is 31.4 Å². The third-order valence-electron chi connectivity index (χ3n) is 2.32. The van der Waals surface area contributed by atoms with Crippen molar-refractivity contribution in [3.63, 3.8) is 0 Å². The molecule has 0 heterocycles. The summed E-state index contributed by atoms with van der Waals surface area (Å²) in [6.07, 6.45) is -6.81. The van der Waals surface area contributed by atoms with E-state index in [-0.39, 0.29) is 0 Å². The summed E-state index contributed by atoms with van der Waals surface area (Å²) < 4.78 is 112. The highest BCUT2D eigenvalue weighted by Gasteiger charge is 2.82. The maximum atomic E-state index is 13.2. The Kier molecular flexibility index (Phi) is 5.56. The van der Waals surface area contributed by atoms with Gasteiger partial charge in [0.25, 0.3) is 0 Å². The second-order valence-electron chi connectivity index (χ2n) is 3.80. The fourth-order valence-corrected chi connectivity index (χ4v) is 3.55. The molecule has 19 heavy (non-hydrogen) atoms. The molecule has 0 aromatic rings. The number of halogens is 11. The van der Waals surface area contributed by atoms with E-state index in [1.54, 1.807) is 0 Å². The van der Waals surface area contributed by atoms with E-state index in [4.69, 9.17) is 22.2 Å². The summed E-state index contributed by atoms with van der Waals surface area (Å²) in [7, 11) is -2.89. The number of hydrogen-bond acceptors (Lipinski definition) is 0. The zero-order chi connectivity index (χ0) is 15.9. The minimum absolute atomic E-state index is 0.380. The van der Waals surface area contributed by atoms with Gasteiger partial charge < -0.3 is 0 Å². The molecule has 0 saturated carbocycles. The Hall–Kier alpha value is 0.167. The lowest BCUT2D eigenvalue weighted by Crippen LogP contribution is -2.62. The van der Waals surface area contributed by atoms with Gasteiger partial charge >= 0.3 is 23.9 Å². The van der Waals surface area contributed by atoms with Crippen LogP contribution in [0, 0.1) is 5.92 Å². The van der Waals surface area contributed by atoms with Gasteiger partial charge in [0.2, 0.25) is 7.42 Å². The average Bonchev–Trinajstić information content (AvgIpc) is 2.13. The Bertz CT molecular complexity index is 314. The van der Waals surface area contributed by atoms with Gasteiger partial charge in [0.15, 0.2) is 0 Å². The lowest BCUT2D eigenvalue weighted by atomic mass is 9.94. The zero-order valence-corrected chi connectivity index (χ0v) is 11.7. The van der Waals surface area contributed by atoms with Crippen LogP contribution in [0.1, 0.15) is 6.92 Å². The van der Waals surface area contributed by atoms with E-state index in [1.165, 1.54) is 0 Å². The molecule has 0 nitrogen and oxygen atoms in total. The van der Waals surface area contributed by atoms with Gasteiger partial charge in [0.05, 0.1) is 0 Å². The van der Waals surface area contributed by atoms with E-state index in [0.717, 1.165) is 0 Å². The average molecular weight is 361 g/mol. The SMILES string of the molecule is CC(C[SiH](Cl)Cl)C(F)(F)C(F)(F)C(F)(F)C(F)(F)F. The van der Waals surface area contributed by atoms with Gasteiger partial charge in [0.1, 0.15) is 0 Å². The third-order valence-corrected chi connectivity index (χ3v) is 4.45. The van der Waals surface area contributed by atoms with Crippen molar-refractivity contribution in [1.29, 1.82) is 0 Å². The largest absolute Gasteiger partial charge is 0.460 e. The van der Waals surface area contributed by atoms with Crippen LogP contribution in [0.3, 0.4) is 0 Å². The molecule has 0 bridgehead atoms. The van der Waals surface area contributed by atoms with E-state index >= 15 is 0 Å². The minimum atomic E-state index is -6.87. The molecule has 0 radical (unpaired) electrons. The van der Waals surface area contributed by atoms with Crippen molar-refractivity contribution in [3.8, 4) is 0 Å². The normalized spacial score (nSPS) is 16.9. The molecule has 0 aliphatic carbocycles. The van der Waals surface area contributed by atoms with Gasteiger partial charge in [-0.05, 0) is 6.04 Å². The smallest absolute Gasteiger partial charge is 0.199 e. The Morgan fingerprint density at radius 2 is 1.21 bits per heavy atom. The van der Waals surface area contributed by atoms with Crippen LogP contribution in [0.2, 0.25) is 6.04 Å². The standard InChI is InChI=1S/C7H7Cl2F9Si/c1-3(2-19(8)9)4(10,11)5(12,13)6(14,15)7(16,17)18/h3,19H,2H2,1H3. The van der Waals surface area contributed by atoms with Crippen molar-refractivity contribution < 1.29 is 39.5 Å². The van der Waals surface area contributed by atoms with Gasteiger partial charge in [-0.3, -0.25) is 0 Å². The molecule has 12 heteroatoms. The first-order chi connectivity index (χ1) is 8.09. The third kappa shape index (κ3) is 3.44. The Morgan fingerprint density at radius 1 is 0.842 bits per heavy atom. The monoisotopic (exact) mass is 360 g/mol. The van der Waals surface area contributed by atoms with Crippen molar-refractivity contribution in [2.75, 3.05) is 0 Å². The van der Waals surface area contributed by atoms with Crippen LogP contribution < -0.4 is 0 Å². The lowest BCUT2D eigenvalue weighted by Gasteiger charge is -2.36. The predicted octanol–water partition coefficient (Wildman–Crippen LogP) is 4.79. The van der Waals surface area contributed by atoms with Crippen LogP contribution >= 0.6 is 22.2 Å². The highest BCUT2D eigenvalue weighted by Crippen LogP contribution is 2.55.